The molecular weight excluding hydrogens is 666 g/mol. The van der Waals surface area contributed by atoms with Crippen molar-refractivity contribution in [2.45, 2.75) is 18.9 Å². The molecule has 2 heterocycles. The van der Waals surface area contributed by atoms with Crippen LogP contribution in [0.5, 0.6) is 5.75 Å². The van der Waals surface area contributed by atoms with Crippen molar-refractivity contribution in [1.82, 2.24) is 20.3 Å². The molecule has 2 aromatic carbocycles. The highest BCUT2D eigenvalue weighted by molar-refractivity contribution is 9.10. The molecule has 0 atom stereocenters. The lowest BCUT2D eigenvalue weighted by Crippen LogP contribution is -2.21. The third-order valence-electron chi connectivity index (χ3n) is 4.68. The number of aromatic nitrogens is 3. The maximum absolute atomic E-state index is 10.6. The number of hydrogen-bond acceptors (Lipinski definition) is 6. The lowest BCUT2D eigenvalue weighted by atomic mass is 10.2. The summed E-state index contributed by atoms with van der Waals surface area (Å²) in [5, 5.41) is 18.3. The van der Waals surface area contributed by atoms with Crippen LogP contribution in [-0.2, 0) is 16.1 Å². The average molecular weight is 686 g/mol. The first-order chi connectivity index (χ1) is 19.6. The first-order valence-corrected chi connectivity index (χ1v) is 12.5. The van der Waals surface area contributed by atoms with Gasteiger partial charge in [0.1, 0.15) is 18.2 Å². The predicted molar refractivity (Wildman–Crippen MR) is 143 cm³/mol. The second-order valence-electron chi connectivity index (χ2n) is 7.90. The molecule has 9 nitrogen and oxygen atoms in total. The molecule has 0 unspecified atom stereocenters. The van der Waals surface area contributed by atoms with E-state index in [0.29, 0.717) is 12.3 Å². The Kier molecular flexibility index (Phi) is 12.6. The third-order valence-corrected chi connectivity index (χ3v) is 5.35. The van der Waals surface area contributed by atoms with Crippen LogP contribution in [0.3, 0.4) is 0 Å². The van der Waals surface area contributed by atoms with Crippen molar-refractivity contribution in [2.75, 3.05) is 13.2 Å². The van der Waals surface area contributed by atoms with Gasteiger partial charge >= 0.3 is 24.3 Å². The zero-order valence-corrected chi connectivity index (χ0v) is 23.3. The van der Waals surface area contributed by atoms with Crippen LogP contribution in [0.2, 0.25) is 5.02 Å². The quantitative estimate of drug-likeness (QED) is 0.128. The van der Waals surface area contributed by atoms with Gasteiger partial charge in [0.15, 0.2) is 5.65 Å². The average Bonchev–Trinajstić information content (AvgIpc) is 3.32. The largest absolute Gasteiger partial charge is 0.492 e. The Hall–Kier alpha value is -3.89. The van der Waals surface area contributed by atoms with Gasteiger partial charge in [0.2, 0.25) is 0 Å². The van der Waals surface area contributed by atoms with Crippen molar-refractivity contribution >= 4 is 50.6 Å². The highest BCUT2D eigenvalue weighted by Gasteiger charge is 2.38. The normalized spacial score (nSPS) is 11.1. The van der Waals surface area contributed by atoms with Gasteiger partial charge < -0.3 is 25.3 Å². The monoisotopic (exact) mass is 684 g/mol. The molecule has 0 aliphatic heterocycles. The van der Waals surface area contributed by atoms with Crippen LogP contribution < -0.4 is 10.1 Å². The number of rotatable bonds is 7. The highest BCUT2D eigenvalue weighted by atomic mass is 79.9. The number of hydrogen-bond donors (Lipinski definition) is 4. The van der Waals surface area contributed by atoms with E-state index in [-0.39, 0.29) is 0 Å². The number of fused-ring (bicyclic) bond motifs is 1. The number of ether oxygens (including phenoxy) is 1. The van der Waals surface area contributed by atoms with Gasteiger partial charge in [-0.15, -0.1) is 0 Å². The highest BCUT2D eigenvalue weighted by Crippen LogP contribution is 2.23. The molecule has 0 spiro atoms. The molecule has 42 heavy (non-hydrogen) atoms. The smallest absolute Gasteiger partial charge is 0.490 e. The summed E-state index contributed by atoms with van der Waals surface area (Å²) in [5.41, 5.74) is 3.74. The second-order valence-corrected chi connectivity index (χ2v) is 9.25. The summed E-state index contributed by atoms with van der Waals surface area (Å²) in [6, 6.07) is 17.7. The van der Waals surface area contributed by atoms with E-state index in [1.807, 2.05) is 54.6 Å². The second kappa shape index (κ2) is 15.4. The number of pyridine rings is 1. The summed E-state index contributed by atoms with van der Waals surface area (Å²) < 4.78 is 70.2. The molecular formula is C25H20BrClF6N4O5. The molecule has 4 aromatic rings. The maximum atomic E-state index is 10.6. The molecule has 0 amide bonds. The third kappa shape index (κ3) is 11.9. The van der Waals surface area contributed by atoms with Crippen molar-refractivity contribution in [3.63, 3.8) is 0 Å². The number of imidazole rings is 1. The van der Waals surface area contributed by atoms with E-state index in [1.54, 1.807) is 6.20 Å². The topological polar surface area (TPSA) is 137 Å². The van der Waals surface area contributed by atoms with E-state index >= 15 is 0 Å². The van der Waals surface area contributed by atoms with Gasteiger partial charge in [-0.1, -0.05) is 23.7 Å². The van der Waals surface area contributed by atoms with Crippen LogP contribution >= 0.6 is 27.5 Å². The molecule has 0 aliphatic rings. The van der Waals surface area contributed by atoms with E-state index in [1.165, 1.54) is 0 Å². The van der Waals surface area contributed by atoms with Gasteiger partial charge in [-0.05, 0) is 64.0 Å². The molecule has 17 heteroatoms. The number of H-pyrrole nitrogens is 1. The number of aliphatic carboxylic acids is 2. The molecule has 0 aliphatic carbocycles. The fraction of sp³-hybridized carbons (Fsp3) is 0.200. The van der Waals surface area contributed by atoms with E-state index in [4.69, 9.17) is 36.1 Å². The van der Waals surface area contributed by atoms with Crippen molar-refractivity contribution in [3.05, 3.63) is 75.9 Å². The number of benzene rings is 2. The number of aromatic amines is 1. The van der Waals surface area contributed by atoms with E-state index < -0.39 is 24.3 Å². The first kappa shape index (κ1) is 34.3. The minimum atomic E-state index is -5.08. The zero-order chi connectivity index (χ0) is 31.5. The van der Waals surface area contributed by atoms with Crippen molar-refractivity contribution in [1.29, 1.82) is 0 Å². The maximum Gasteiger partial charge on any atom is 0.490 e. The van der Waals surface area contributed by atoms with Crippen molar-refractivity contribution in [3.8, 4) is 17.1 Å². The summed E-state index contributed by atoms with van der Waals surface area (Å²) in [5.74, 6) is -3.90. The molecule has 0 saturated carbocycles. The Morgan fingerprint density at radius 2 is 1.57 bits per heavy atom. The Morgan fingerprint density at radius 3 is 2.12 bits per heavy atom. The standard InChI is InChI=1S/C21H18BrClN4O.2C2HF3O2/c22-16-11-19-21(25-13-16)27-20(26-19)15-4-6-18(7-5-15)28-9-8-24-12-14-2-1-3-17(23)10-14;2*3-2(4,5)1(6)7/h1-7,10-11,13,24H,8-9,12H2,(H,25,26,27);2*(H,6,7). The fourth-order valence-electron chi connectivity index (χ4n) is 2.84. The van der Waals surface area contributed by atoms with Gasteiger partial charge in [-0.2, -0.15) is 26.3 Å². The number of carboxylic acid groups (broad SMARTS) is 2. The minimum absolute atomic E-state index is 0.586. The zero-order valence-electron chi connectivity index (χ0n) is 20.9. The van der Waals surface area contributed by atoms with Crippen LogP contribution in [0.4, 0.5) is 26.3 Å². The van der Waals surface area contributed by atoms with Gasteiger partial charge in [0.25, 0.3) is 0 Å². The Labute approximate surface area is 246 Å². The van der Waals surface area contributed by atoms with E-state index in [9.17, 15) is 26.3 Å². The summed E-state index contributed by atoms with van der Waals surface area (Å²) >= 11 is 9.41. The van der Waals surface area contributed by atoms with Crippen molar-refractivity contribution < 1.29 is 50.9 Å². The molecule has 4 rings (SSSR count). The Balaban J connectivity index is 0.000000367. The minimum Gasteiger partial charge on any atom is -0.492 e. The van der Waals surface area contributed by atoms with E-state index in [0.717, 1.165) is 50.8 Å². The van der Waals surface area contributed by atoms with Gasteiger partial charge in [-0.3, -0.25) is 0 Å². The van der Waals surface area contributed by atoms with Crippen LogP contribution in [0, 0.1) is 0 Å². The number of halogens is 8. The first-order valence-electron chi connectivity index (χ1n) is 11.4. The number of alkyl halides is 6. The Morgan fingerprint density at radius 1 is 0.976 bits per heavy atom. The molecule has 226 valence electrons. The predicted octanol–water partition coefficient (Wildman–Crippen LogP) is 6.48. The summed E-state index contributed by atoms with van der Waals surface area (Å²) in [7, 11) is 0. The lowest BCUT2D eigenvalue weighted by Gasteiger charge is -2.08. The molecule has 2 aromatic heterocycles. The molecule has 0 radical (unpaired) electrons. The molecule has 0 fully saturated rings. The number of carbonyl (C=O) groups is 2. The van der Waals surface area contributed by atoms with Gasteiger partial charge in [0, 0.05) is 34.3 Å². The fourth-order valence-corrected chi connectivity index (χ4v) is 3.39. The van der Waals surface area contributed by atoms with E-state index in [2.05, 4.69) is 36.2 Å². The summed E-state index contributed by atoms with van der Waals surface area (Å²) in [6.07, 6.45) is -8.43. The molecule has 4 N–H and O–H groups in total. The molecule has 0 saturated heterocycles. The van der Waals surface area contributed by atoms with Crippen LogP contribution in [0.25, 0.3) is 22.6 Å². The van der Waals surface area contributed by atoms with Gasteiger partial charge in [-0.25, -0.2) is 19.6 Å². The number of carboxylic acids is 2. The SMILES string of the molecule is Clc1cccc(CNCCOc2ccc(-c3nc4ncc(Br)cc4[nH]3)cc2)c1.O=C(O)C(F)(F)F.O=C(O)C(F)(F)F. The van der Waals surface area contributed by atoms with Crippen LogP contribution in [0.1, 0.15) is 5.56 Å². The van der Waals surface area contributed by atoms with Gasteiger partial charge in [0.05, 0.1) is 5.52 Å². The number of nitrogens with zero attached hydrogens (tertiary/aromatic N) is 2. The molecule has 0 bridgehead atoms. The number of nitrogens with one attached hydrogen (secondary N) is 2. The lowest BCUT2D eigenvalue weighted by molar-refractivity contribution is -0.193. The van der Waals surface area contributed by atoms with Crippen molar-refractivity contribution in [2.24, 2.45) is 0 Å². The Bertz CT molecular complexity index is 1460. The summed E-state index contributed by atoms with van der Waals surface area (Å²) in [6.45, 7) is 2.10. The van der Waals surface area contributed by atoms with Crippen LogP contribution in [-0.4, -0.2) is 62.6 Å². The summed E-state index contributed by atoms with van der Waals surface area (Å²) in [4.78, 5) is 29.9. The van der Waals surface area contributed by atoms with Crippen LogP contribution in [0.15, 0.2) is 65.3 Å².